The van der Waals surface area contributed by atoms with Crippen molar-refractivity contribution in [2.24, 2.45) is 0 Å². The molecule has 0 radical (unpaired) electrons. The van der Waals surface area contributed by atoms with Gasteiger partial charge >= 0.3 is 5.97 Å². The van der Waals surface area contributed by atoms with Gasteiger partial charge in [0.25, 0.3) is 11.6 Å². The molecule has 0 aliphatic carbocycles. The molecule has 0 unspecified atom stereocenters. The number of aryl methyl sites for hydroxylation is 1. The Morgan fingerprint density at radius 2 is 1.89 bits per heavy atom. The van der Waals surface area contributed by atoms with Crippen LogP contribution in [0.5, 0.6) is 5.75 Å². The summed E-state index contributed by atoms with van der Waals surface area (Å²) in [5, 5.41) is 13.6. The fraction of sp³-hybridized carbons (Fsp3) is 0.200. The van der Waals surface area contributed by atoms with E-state index in [0.717, 1.165) is 5.56 Å². The standard InChI is InChI=1S/C20H20N2O6/c1-13-8-10-16(22(25)26)20(14(13)2)21-18(23)12-28-19(24)11-9-15-6-4-5-7-17(15)27-3/h4-11H,12H2,1-3H3,(H,21,23)/b11-9+. The van der Waals surface area contributed by atoms with Gasteiger partial charge in [0.15, 0.2) is 6.61 Å². The second-order valence-corrected chi connectivity index (χ2v) is 5.89. The van der Waals surface area contributed by atoms with Crippen LogP contribution in [0.1, 0.15) is 16.7 Å². The summed E-state index contributed by atoms with van der Waals surface area (Å²) < 4.78 is 10.1. The van der Waals surface area contributed by atoms with Gasteiger partial charge in [-0.25, -0.2) is 4.79 Å². The molecule has 0 aliphatic rings. The minimum Gasteiger partial charge on any atom is -0.496 e. The Balaban J connectivity index is 1.99. The summed E-state index contributed by atoms with van der Waals surface area (Å²) in [4.78, 5) is 34.5. The highest BCUT2D eigenvalue weighted by atomic mass is 16.6. The molecule has 0 saturated carbocycles. The zero-order chi connectivity index (χ0) is 20.7. The Kier molecular flexibility index (Phi) is 6.86. The van der Waals surface area contributed by atoms with E-state index >= 15 is 0 Å². The summed E-state index contributed by atoms with van der Waals surface area (Å²) in [6, 6.07) is 10.0. The molecule has 28 heavy (non-hydrogen) atoms. The van der Waals surface area contributed by atoms with E-state index in [2.05, 4.69) is 5.32 Å². The van der Waals surface area contributed by atoms with E-state index in [9.17, 15) is 19.7 Å². The van der Waals surface area contributed by atoms with E-state index in [1.807, 2.05) is 0 Å². The molecule has 0 fully saturated rings. The monoisotopic (exact) mass is 384 g/mol. The van der Waals surface area contributed by atoms with Gasteiger partial charge in [-0.05, 0) is 37.1 Å². The lowest BCUT2D eigenvalue weighted by atomic mass is 10.1. The Morgan fingerprint density at radius 1 is 1.18 bits per heavy atom. The molecule has 1 amide bonds. The lowest BCUT2D eigenvalue weighted by molar-refractivity contribution is -0.384. The number of methoxy groups -OCH3 is 1. The van der Waals surface area contributed by atoms with Crippen LogP contribution in [0.4, 0.5) is 11.4 Å². The average Bonchev–Trinajstić information content (AvgIpc) is 2.68. The topological polar surface area (TPSA) is 108 Å². The van der Waals surface area contributed by atoms with E-state index in [4.69, 9.17) is 9.47 Å². The number of ether oxygens (including phenoxy) is 2. The van der Waals surface area contributed by atoms with Crippen molar-refractivity contribution in [1.29, 1.82) is 0 Å². The number of nitrogens with zero attached hydrogens (tertiary/aromatic N) is 1. The number of nitrogens with one attached hydrogen (secondary N) is 1. The quantitative estimate of drug-likeness (QED) is 0.339. The number of anilines is 1. The Bertz CT molecular complexity index is 936. The van der Waals surface area contributed by atoms with Gasteiger partial charge in [0.1, 0.15) is 11.4 Å². The van der Waals surface area contributed by atoms with Gasteiger partial charge < -0.3 is 14.8 Å². The second-order valence-electron chi connectivity index (χ2n) is 5.89. The molecular weight excluding hydrogens is 364 g/mol. The van der Waals surface area contributed by atoms with Crippen LogP contribution in [0.3, 0.4) is 0 Å². The van der Waals surface area contributed by atoms with E-state index < -0.39 is 23.4 Å². The fourth-order valence-electron chi connectivity index (χ4n) is 2.43. The van der Waals surface area contributed by atoms with Crippen LogP contribution in [0.2, 0.25) is 0 Å². The van der Waals surface area contributed by atoms with Crippen molar-refractivity contribution in [3.63, 3.8) is 0 Å². The van der Waals surface area contributed by atoms with E-state index in [1.165, 1.54) is 25.3 Å². The zero-order valence-electron chi connectivity index (χ0n) is 15.7. The van der Waals surface area contributed by atoms with Crippen LogP contribution >= 0.6 is 0 Å². The van der Waals surface area contributed by atoms with Crippen LogP contribution in [0, 0.1) is 24.0 Å². The van der Waals surface area contributed by atoms with Crippen molar-refractivity contribution >= 4 is 29.3 Å². The number of carbonyl (C=O) groups is 2. The lowest BCUT2D eigenvalue weighted by Crippen LogP contribution is -2.21. The molecule has 2 aromatic carbocycles. The number of para-hydroxylation sites is 1. The predicted molar refractivity (Wildman–Crippen MR) is 104 cm³/mol. The molecule has 0 saturated heterocycles. The van der Waals surface area contributed by atoms with E-state index in [1.54, 1.807) is 44.2 Å². The largest absolute Gasteiger partial charge is 0.496 e. The Morgan fingerprint density at radius 3 is 2.57 bits per heavy atom. The Hall–Kier alpha value is -3.68. The molecule has 0 aromatic heterocycles. The van der Waals surface area contributed by atoms with Crippen LogP contribution in [0.15, 0.2) is 42.5 Å². The maximum atomic E-state index is 12.1. The molecule has 2 rings (SSSR count). The van der Waals surface area contributed by atoms with Gasteiger partial charge in [0, 0.05) is 17.7 Å². The van der Waals surface area contributed by atoms with Crippen molar-refractivity contribution < 1.29 is 24.0 Å². The van der Waals surface area contributed by atoms with Crippen LogP contribution in [0.25, 0.3) is 6.08 Å². The lowest BCUT2D eigenvalue weighted by Gasteiger charge is -2.11. The van der Waals surface area contributed by atoms with Gasteiger partial charge in [-0.3, -0.25) is 14.9 Å². The van der Waals surface area contributed by atoms with Crippen molar-refractivity contribution in [3.8, 4) is 5.75 Å². The third kappa shape index (κ3) is 5.16. The predicted octanol–water partition coefficient (Wildman–Crippen LogP) is 3.42. The second kappa shape index (κ2) is 9.31. The van der Waals surface area contributed by atoms with Crippen molar-refractivity contribution in [1.82, 2.24) is 0 Å². The molecule has 2 aromatic rings. The minimum atomic E-state index is -0.725. The number of benzene rings is 2. The first-order valence-electron chi connectivity index (χ1n) is 8.35. The normalized spacial score (nSPS) is 10.5. The summed E-state index contributed by atoms with van der Waals surface area (Å²) >= 11 is 0. The minimum absolute atomic E-state index is 0.0932. The fourth-order valence-corrected chi connectivity index (χ4v) is 2.43. The molecular formula is C20H20N2O6. The SMILES string of the molecule is COc1ccccc1/C=C/C(=O)OCC(=O)Nc1c([N+](=O)[O-])ccc(C)c1C. The highest BCUT2D eigenvalue weighted by Crippen LogP contribution is 2.30. The van der Waals surface area contributed by atoms with Gasteiger partial charge in [0.05, 0.1) is 12.0 Å². The van der Waals surface area contributed by atoms with Crippen molar-refractivity contribution in [3.05, 3.63) is 69.3 Å². The summed E-state index contributed by atoms with van der Waals surface area (Å²) in [6.45, 7) is 2.87. The maximum Gasteiger partial charge on any atom is 0.331 e. The molecule has 146 valence electrons. The number of hydrogen-bond donors (Lipinski definition) is 1. The molecule has 0 bridgehead atoms. The van der Waals surface area contributed by atoms with Crippen molar-refractivity contribution in [2.45, 2.75) is 13.8 Å². The van der Waals surface area contributed by atoms with Gasteiger partial charge in [-0.15, -0.1) is 0 Å². The first-order chi connectivity index (χ1) is 13.3. The van der Waals surface area contributed by atoms with E-state index in [0.29, 0.717) is 16.9 Å². The van der Waals surface area contributed by atoms with Crippen LogP contribution in [-0.2, 0) is 14.3 Å². The summed E-state index contributed by atoms with van der Waals surface area (Å²) in [7, 11) is 1.52. The summed E-state index contributed by atoms with van der Waals surface area (Å²) in [5.74, 6) is -0.807. The maximum absolute atomic E-state index is 12.1. The number of rotatable bonds is 7. The van der Waals surface area contributed by atoms with Gasteiger partial charge in [-0.2, -0.15) is 0 Å². The molecule has 0 heterocycles. The average molecular weight is 384 g/mol. The molecule has 8 heteroatoms. The van der Waals surface area contributed by atoms with Crippen LogP contribution < -0.4 is 10.1 Å². The number of amides is 1. The number of hydrogen-bond acceptors (Lipinski definition) is 6. The molecule has 0 aliphatic heterocycles. The van der Waals surface area contributed by atoms with E-state index in [-0.39, 0.29) is 11.4 Å². The highest BCUT2D eigenvalue weighted by Gasteiger charge is 2.19. The molecule has 0 atom stereocenters. The zero-order valence-corrected chi connectivity index (χ0v) is 15.7. The molecule has 0 spiro atoms. The Labute approximate surface area is 161 Å². The van der Waals surface area contributed by atoms with Crippen molar-refractivity contribution in [2.75, 3.05) is 19.0 Å². The number of nitro benzene ring substituents is 1. The molecule has 1 N–H and O–H groups in total. The van der Waals surface area contributed by atoms with Gasteiger partial charge in [0.2, 0.25) is 0 Å². The summed E-state index contributed by atoms with van der Waals surface area (Å²) in [5.41, 5.74) is 1.91. The smallest absolute Gasteiger partial charge is 0.331 e. The number of carbonyl (C=O) groups excluding carboxylic acids is 2. The van der Waals surface area contributed by atoms with Gasteiger partial charge in [-0.1, -0.05) is 24.3 Å². The molecule has 8 nitrogen and oxygen atoms in total. The third-order valence-corrected chi connectivity index (χ3v) is 4.06. The number of nitro groups is 1. The first kappa shape index (κ1) is 20.6. The first-order valence-corrected chi connectivity index (χ1v) is 8.35. The number of esters is 1. The summed E-state index contributed by atoms with van der Waals surface area (Å²) in [6.07, 6.45) is 2.68. The van der Waals surface area contributed by atoms with Crippen LogP contribution in [-0.4, -0.2) is 30.5 Å². The highest BCUT2D eigenvalue weighted by molar-refractivity contribution is 5.97. The third-order valence-electron chi connectivity index (χ3n) is 4.06.